The molecule has 0 atom stereocenters. The zero-order chi connectivity index (χ0) is 13.6. The molecule has 0 radical (unpaired) electrons. The van der Waals surface area contributed by atoms with Gasteiger partial charge in [-0.25, -0.2) is 4.79 Å². The van der Waals surface area contributed by atoms with Crippen molar-refractivity contribution in [3.8, 4) is 0 Å². The molecule has 0 fully saturated rings. The van der Waals surface area contributed by atoms with E-state index in [2.05, 4.69) is 0 Å². The molecule has 0 aliphatic heterocycles. The van der Waals surface area contributed by atoms with Crippen molar-refractivity contribution in [1.29, 1.82) is 0 Å². The number of aliphatic hydroxyl groups excluding tert-OH is 2. The molecule has 0 aromatic rings. The predicted molar refractivity (Wildman–Crippen MR) is 65.7 cm³/mol. The van der Waals surface area contributed by atoms with Gasteiger partial charge in [0, 0.05) is 37.6 Å². The summed E-state index contributed by atoms with van der Waals surface area (Å²) in [6, 6.07) is 0.0806. The van der Waals surface area contributed by atoms with Crippen molar-refractivity contribution in [1.82, 2.24) is 4.90 Å². The lowest BCUT2D eigenvalue weighted by Gasteiger charge is -2.32. The molecule has 5 nitrogen and oxygen atoms in total. The van der Waals surface area contributed by atoms with E-state index < -0.39 is 5.41 Å². The van der Waals surface area contributed by atoms with E-state index in [4.69, 9.17) is 14.9 Å². The molecule has 5 heteroatoms. The maximum absolute atomic E-state index is 11.6. The van der Waals surface area contributed by atoms with Crippen LogP contribution in [0, 0.1) is 11.3 Å². The SMILES string of the molecule is CC(C)N(C)C(=O)OCC(C)(C)C(CO)CO. The van der Waals surface area contributed by atoms with Gasteiger partial charge in [-0.1, -0.05) is 13.8 Å². The van der Waals surface area contributed by atoms with Gasteiger partial charge in [-0.15, -0.1) is 0 Å². The van der Waals surface area contributed by atoms with E-state index in [0.717, 1.165) is 0 Å². The standard InChI is InChI=1S/C12H25NO4/c1-9(2)13(5)11(16)17-8-12(3,4)10(6-14)7-15/h9-10,14-15H,6-8H2,1-5H3. The summed E-state index contributed by atoms with van der Waals surface area (Å²) in [4.78, 5) is 13.1. The lowest BCUT2D eigenvalue weighted by molar-refractivity contribution is 0.00247. The summed E-state index contributed by atoms with van der Waals surface area (Å²) < 4.78 is 5.18. The van der Waals surface area contributed by atoms with Crippen LogP contribution in [0.2, 0.25) is 0 Å². The van der Waals surface area contributed by atoms with Gasteiger partial charge in [0.15, 0.2) is 0 Å². The van der Waals surface area contributed by atoms with Gasteiger partial charge in [-0.2, -0.15) is 0 Å². The average Bonchev–Trinajstić information content (AvgIpc) is 2.26. The molecule has 0 bridgehead atoms. The molecule has 0 saturated carbocycles. The van der Waals surface area contributed by atoms with E-state index in [1.807, 2.05) is 27.7 Å². The van der Waals surface area contributed by atoms with E-state index >= 15 is 0 Å². The number of aliphatic hydroxyl groups is 2. The number of carbonyl (C=O) groups is 1. The number of hydrogen-bond acceptors (Lipinski definition) is 4. The normalized spacial score (nSPS) is 12.1. The summed E-state index contributed by atoms with van der Waals surface area (Å²) in [5, 5.41) is 18.2. The van der Waals surface area contributed by atoms with Crippen molar-refractivity contribution in [2.45, 2.75) is 33.7 Å². The van der Waals surface area contributed by atoms with Gasteiger partial charge in [0.25, 0.3) is 0 Å². The van der Waals surface area contributed by atoms with E-state index in [9.17, 15) is 4.79 Å². The minimum absolute atomic E-state index is 0.0806. The van der Waals surface area contributed by atoms with Crippen LogP contribution in [0.15, 0.2) is 0 Å². The molecular weight excluding hydrogens is 222 g/mol. The number of amides is 1. The molecule has 1 amide bonds. The number of carbonyl (C=O) groups excluding carboxylic acids is 1. The largest absolute Gasteiger partial charge is 0.449 e. The Morgan fingerprint density at radius 3 is 2.12 bits per heavy atom. The number of nitrogens with zero attached hydrogens (tertiary/aromatic N) is 1. The van der Waals surface area contributed by atoms with Crippen LogP contribution in [-0.2, 0) is 4.74 Å². The fourth-order valence-corrected chi connectivity index (χ4v) is 1.23. The molecule has 0 aromatic carbocycles. The molecule has 102 valence electrons. The fourth-order valence-electron chi connectivity index (χ4n) is 1.23. The lowest BCUT2D eigenvalue weighted by atomic mass is 9.80. The van der Waals surface area contributed by atoms with Crippen molar-refractivity contribution in [3.63, 3.8) is 0 Å². The van der Waals surface area contributed by atoms with Gasteiger partial charge < -0.3 is 19.8 Å². The van der Waals surface area contributed by atoms with Gasteiger partial charge in [0.05, 0.1) is 6.61 Å². The van der Waals surface area contributed by atoms with Crippen molar-refractivity contribution in [3.05, 3.63) is 0 Å². The van der Waals surface area contributed by atoms with Gasteiger partial charge in [0.1, 0.15) is 0 Å². The Morgan fingerprint density at radius 1 is 1.29 bits per heavy atom. The minimum atomic E-state index is -0.447. The molecule has 0 aliphatic carbocycles. The highest BCUT2D eigenvalue weighted by Crippen LogP contribution is 2.26. The van der Waals surface area contributed by atoms with E-state index in [-0.39, 0.29) is 37.9 Å². The summed E-state index contributed by atoms with van der Waals surface area (Å²) in [5.74, 6) is -0.292. The Kier molecular flexibility index (Phi) is 6.49. The lowest BCUT2D eigenvalue weighted by Crippen LogP contribution is -2.39. The molecule has 0 saturated heterocycles. The van der Waals surface area contributed by atoms with E-state index in [0.29, 0.717) is 0 Å². The topological polar surface area (TPSA) is 70.0 Å². The van der Waals surface area contributed by atoms with E-state index in [1.54, 1.807) is 7.05 Å². The van der Waals surface area contributed by atoms with Crippen molar-refractivity contribution >= 4 is 6.09 Å². The van der Waals surface area contributed by atoms with Crippen LogP contribution >= 0.6 is 0 Å². The van der Waals surface area contributed by atoms with Crippen LogP contribution in [0.1, 0.15) is 27.7 Å². The first kappa shape index (κ1) is 16.2. The monoisotopic (exact) mass is 247 g/mol. The Hall–Kier alpha value is -0.810. The summed E-state index contributed by atoms with van der Waals surface area (Å²) in [7, 11) is 1.68. The molecule has 0 heterocycles. The summed E-state index contributed by atoms with van der Waals surface area (Å²) in [5.41, 5.74) is -0.447. The second-order valence-corrected chi connectivity index (χ2v) is 5.31. The Balaban J connectivity index is 4.31. The van der Waals surface area contributed by atoms with Crippen molar-refractivity contribution < 1.29 is 19.7 Å². The maximum Gasteiger partial charge on any atom is 0.409 e. The van der Waals surface area contributed by atoms with Crippen molar-refractivity contribution in [2.75, 3.05) is 26.9 Å². The molecule has 17 heavy (non-hydrogen) atoms. The summed E-state index contributed by atoms with van der Waals surface area (Å²) >= 11 is 0. The number of hydrogen-bond donors (Lipinski definition) is 2. The van der Waals surface area contributed by atoms with Crippen LogP contribution in [0.25, 0.3) is 0 Å². The van der Waals surface area contributed by atoms with Crippen molar-refractivity contribution in [2.24, 2.45) is 11.3 Å². The Morgan fingerprint density at radius 2 is 1.76 bits per heavy atom. The highest BCUT2D eigenvalue weighted by atomic mass is 16.6. The molecule has 0 unspecified atom stereocenters. The zero-order valence-electron chi connectivity index (χ0n) is 11.4. The minimum Gasteiger partial charge on any atom is -0.449 e. The quantitative estimate of drug-likeness (QED) is 0.737. The first-order valence-corrected chi connectivity index (χ1v) is 5.87. The van der Waals surface area contributed by atoms with Crippen LogP contribution in [0.5, 0.6) is 0 Å². The third-order valence-corrected chi connectivity index (χ3v) is 3.18. The molecule has 0 rings (SSSR count). The second kappa shape index (κ2) is 6.81. The smallest absolute Gasteiger partial charge is 0.409 e. The third-order valence-electron chi connectivity index (χ3n) is 3.18. The molecule has 0 aromatic heterocycles. The second-order valence-electron chi connectivity index (χ2n) is 5.31. The van der Waals surface area contributed by atoms with Gasteiger partial charge >= 0.3 is 6.09 Å². The average molecular weight is 247 g/mol. The summed E-state index contributed by atoms with van der Waals surface area (Å²) in [6.07, 6.45) is -0.386. The van der Waals surface area contributed by atoms with Gasteiger partial charge in [-0.3, -0.25) is 0 Å². The number of rotatable bonds is 6. The zero-order valence-corrected chi connectivity index (χ0v) is 11.4. The first-order chi connectivity index (χ1) is 7.76. The highest BCUT2D eigenvalue weighted by molar-refractivity contribution is 5.67. The number of ether oxygens (including phenoxy) is 1. The summed E-state index contributed by atoms with van der Waals surface area (Å²) in [6.45, 7) is 7.43. The van der Waals surface area contributed by atoms with Gasteiger partial charge in [-0.05, 0) is 13.8 Å². The third kappa shape index (κ3) is 4.91. The van der Waals surface area contributed by atoms with Crippen LogP contribution in [0.4, 0.5) is 4.79 Å². The maximum atomic E-state index is 11.6. The van der Waals surface area contributed by atoms with Gasteiger partial charge in [0.2, 0.25) is 0 Å². The van der Waals surface area contributed by atoms with Crippen LogP contribution in [0.3, 0.4) is 0 Å². The molecule has 0 aliphatic rings. The predicted octanol–water partition coefficient (Wildman–Crippen LogP) is 1.09. The first-order valence-electron chi connectivity index (χ1n) is 5.87. The van der Waals surface area contributed by atoms with E-state index in [1.165, 1.54) is 4.90 Å². The fraction of sp³-hybridized carbons (Fsp3) is 0.917. The molecular formula is C12H25NO4. The Bertz CT molecular complexity index is 237. The highest BCUT2D eigenvalue weighted by Gasteiger charge is 2.30. The van der Waals surface area contributed by atoms with Crippen LogP contribution < -0.4 is 0 Å². The molecule has 2 N–H and O–H groups in total. The molecule has 0 spiro atoms. The Labute approximate surface area is 103 Å². The van der Waals surface area contributed by atoms with Crippen LogP contribution in [-0.4, -0.2) is 54.1 Å².